The van der Waals surface area contributed by atoms with E-state index in [1.807, 2.05) is 13.8 Å². The molecule has 1 aliphatic rings. The number of piperazine rings is 1. The normalized spacial score (nSPS) is 20.5. The first-order valence-electron chi connectivity index (χ1n) is 6.41. The molecule has 1 fully saturated rings. The Balaban J connectivity index is 2.43. The largest absolute Gasteiger partial charge is 0.411 e. The van der Waals surface area contributed by atoms with E-state index in [1.54, 1.807) is 0 Å². The molecule has 0 aromatic heterocycles. The molecule has 0 radical (unpaired) electrons. The molecule has 2 amide bonds. The van der Waals surface area contributed by atoms with E-state index in [0.29, 0.717) is 6.42 Å². The Bertz CT molecular complexity index is 358. The van der Waals surface area contributed by atoms with Crippen molar-refractivity contribution in [2.75, 3.05) is 26.3 Å². The average molecular weight is 296 g/mol. The van der Waals surface area contributed by atoms with Crippen LogP contribution in [0.2, 0.25) is 0 Å². The van der Waals surface area contributed by atoms with Crippen molar-refractivity contribution in [2.24, 2.45) is 5.92 Å². The van der Waals surface area contributed by atoms with E-state index in [9.17, 15) is 22.8 Å². The van der Waals surface area contributed by atoms with Gasteiger partial charge in [0.25, 0.3) is 0 Å². The van der Waals surface area contributed by atoms with Crippen LogP contribution < -0.4 is 5.32 Å². The van der Waals surface area contributed by atoms with Gasteiger partial charge in [-0.3, -0.25) is 9.59 Å². The fraction of sp³-hybridized carbons (Fsp3) is 0.833. The number of halogens is 3. The zero-order chi connectivity index (χ0) is 15.3. The summed E-state index contributed by atoms with van der Waals surface area (Å²) in [7, 11) is 0. The topological polar surface area (TPSA) is 58.6 Å². The molecule has 0 aliphatic carbocycles. The van der Waals surface area contributed by atoms with Crippen LogP contribution in [0.25, 0.3) is 0 Å². The summed E-state index contributed by atoms with van der Waals surface area (Å²) in [6.45, 7) is 2.10. The van der Waals surface area contributed by atoms with E-state index in [1.165, 1.54) is 4.90 Å². The van der Waals surface area contributed by atoms with Gasteiger partial charge in [-0.25, -0.2) is 0 Å². The third-order valence-corrected chi connectivity index (χ3v) is 2.76. The van der Waals surface area contributed by atoms with Gasteiger partial charge in [0.1, 0.15) is 12.6 Å². The van der Waals surface area contributed by atoms with Crippen molar-refractivity contribution in [1.29, 1.82) is 0 Å². The molecule has 1 saturated heterocycles. The fourth-order valence-corrected chi connectivity index (χ4v) is 1.96. The fourth-order valence-electron chi connectivity index (χ4n) is 1.96. The Morgan fingerprint density at radius 3 is 2.60 bits per heavy atom. The van der Waals surface area contributed by atoms with E-state index in [2.05, 4.69) is 10.1 Å². The van der Waals surface area contributed by atoms with Crippen LogP contribution in [0.4, 0.5) is 13.2 Å². The molecule has 1 unspecified atom stereocenters. The van der Waals surface area contributed by atoms with Gasteiger partial charge in [-0.05, 0) is 12.3 Å². The number of rotatable bonds is 6. The van der Waals surface area contributed by atoms with Gasteiger partial charge in [-0.2, -0.15) is 13.2 Å². The van der Waals surface area contributed by atoms with Crippen LogP contribution in [0.3, 0.4) is 0 Å². The summed E-state index contributed by atoms with van der Waals surface area (Å²) in [5.74, 6) is -0.342. The Labute approximate surface area is 115 Å². The van der Waals surface area contributed by atoms with Gasteiger partial charge in [-0.15, -0.1) is 0 Å². The molecule has 0 bridgehead atoms. The SMILES string of the molecule is CC(C)CC1NC(=O)CN(CCOCC(F)(F)F)C1=O. The predicted molar refractivity (Wildman–Crippen MR) is 64.8 cm³/mol. The number of carbonyl (C=O) groups is 2. The standard InChI is InChI=1S/C12H19F3N2O3/c1-8(2)5-9-11(19)17(6-10(18)16-9)3-4-20-7-12(13,14)15/h8-9H,3-7H2,1-2H3,(H,16,18). The maximum atomic E-state index is 12.0. The molecule has 20 heavy (non-hydrogen) atoms. The molecular weight excluding hydrogens is 277 g/mol. The average Bonchev–Trinajstić information content (AvgIpc) is 2.28. The minimum atomic E-state index is -4.39. The van der Waals surface area contributed by atoms with Gasteiger partial charge in [0.2, 0.25) is 11.8 Å². The number of carbonyl (C=O) groups excluding carboxylic acids is 2. The second kappa shape index (κ2) is 6.92. The Morgan fingerprint density at radius 2 is 2.05 bits per heavy atom. The van der Waals surface area contributed by atoms with E-state index in [4.69, 9.17) is 0 Å². The molecule has 8 heteroatoms. The first kappa shape index (κ1) is 16.7. The van der Waals surface area contributed by atoms with Crippen molar-refractivity contribution in [2.45, 2.75) is 32.5 Å². The molecule has 116 valence electrons. The van der Waals surface area contributed by atoms with Gasteiger partial charge in [0.15, 0.2) is 0 Å². The summed E-state index contributed by atoms with van der Waals surface area (Å²) >= 11 is 0. The number of hydrogen-bond acceptors (Lipinski definition) is 3. The molecule has 1 atom stereocenters. The van der Waals surface area contributed by atoms with Crippen molar-refractivity contribution in [1.82, 2.24) is 10.2 Å². The first-order valence-corrected chi connectivity index (χ1v) is 6.41. The molecule has 0 aromatic carbocycles. The van der Waals surface area contributed by atoms with E-state index < -0.39 is 18.8 Å². The third kappa shape index (κ3) is 5.77. The lowest BCUT2D eigenvalue weighted by Gasteiger charge is -2.33. The monoisotopic (exact) mass is 296 g/mol. The molecule has 0 saturated carbocycles. The van der Waals surface area contributed by atoms with Crippen LogP contribution >= 0.6 is 0 Å². The second-order valence-corrected chi connectivity index (χ2v) is 5.18. The number of nitrogens with one attached hydrogen (secondary N) is 1. The summed E-state index contributed by atoms with van der Waals surface area (Å²) in [5, 5.41) is 2.59. The quantitative estimate of drug-likeness (QED) is 0.742. The Morgan fingerprint density at radius 1 is 1.40 bits per heavy atom. The number of ether oxygens (including phenoxy) is 1. The zero-order valence-electron chi connectivity index (χ0n) is 11.5. The minimum absolute atomic E-state index is 0.0169. The van der Waals surface area contributed by atoms with Crippen molar-refractivity contribution in [3.8, 4) is 0 Å². The number of hydrogen-bond donors (Lipinski definition) is 1. The van der Waals surface area contributed by atoms with Crippen LogP contribution in [0.1, 0.15) is 20.3 Å². The van der Waals surface area contributed by atoms with Crippen LogP contribution in [0, 0.1) is 5.92 Å². The highest BCUT2D eigenvalue weighted by Crippen LogP contribution is 2.15. The molecule has 1 aliphatic heterocycles. The Hall–Kier alpha value is -1.31. The number of nitrogens with zero attached hydrogens (tertiary/aromatic N) is 1. The smallest absolute Gasteiger partial charge is 0.370 e. The molecule has 1 heterocycles. The highest BCUT2D eigenvalue weighted by atomic mass is 19.4. The summed E-state index contributed by atoms with van der Waals surface area (Å²) in [6, 6.07) is -0.598. The third-order valence-electron chi connectivity index (χ3n) is 2.76. The van der Waals surface area contributed by atoms with Crippen molar-refractivity contribution < 1.29 is 27.5 Å². The number of alkyl halides is 3. The highest BCUT2D eigenvalue weighted by Gasteiger charge is 2.33. The minimum Gasteiger partial charge on any atom is -0.370 e. The summed E-state index contributed by atoms with van der Waals surface area (Å²) < 4.78 is 40.1. The van der Waals surface area contributed by atoms with Gasteiger partial charge < -0.3 is 15.0 Å². The van der Waals surface area contributed by atoms with Gasteiger partial charge in [-0.1, -0.05) is 13.8 Å². The molecule has 5 nitrogen and oxygen atoms in total. The Kier molecular flexibility index (Phi) is 5.79. The van der Waals surface area contributed by atoms with Gasteiger partial charge in [0.05, 0.1) is 13.2 Å². The molecule has 1 rings (SSSR count). The van der Waals surface area contributed by atoms with E-state index in [-0.39, 0.29) is 37.4 Å². The molecule has 0 spiro atoms. The molecule has 0 aromatic rings. The van der Waals surface area contributed by atoms with Gasteiger partial charge >= 0.3 is 6.18 Å². The van der Waals surface area contributed by atoms with E-state index in [0.717, 1.165) is 0 Å². The predicted octanol–water partition coefficient (Wildman–Crippen LogP) is 0.938. The van der Waals surface area contributed by atoms with Crippen LogP contribution in [0.5, 0.6) is 0 Å². The first-order chi connectivity index (χ1) is 9.19. The lowest BCUT2D eigenvalue weighted by atomic mass is 10.0. The zero-order valence-corrected chi connectivity index (χ0v) is 11.5. The molecular formula is C12H19F3N2O3. The lowest BCUT2D eigenvalue weighted by Crippen LogP contribution is -2.58. The summed E-state index contributed by atoms with van der Waals surface area (Å²) in [4.78, 5) is 24.7. The summed E-state index contributed by atoms with van der Waals surface area (Å²) in [5.41, 5.74) is 0. The van der Waals surface area contributed by atoms with Crippen LogP contribution in [-0.4, -0.2) is 55.2 Å². The highest BCUT2D eigenvalue weighted by molar-refractivity contribution is 5.94. The van der Waals surface area contributed by atoms with Crippen molar-refractivity contribution in [3.05, 3.63) is 0 Å². The van der Waals surface area contributed by atoms with Crippen LogP contribution in [-0.2, 0) is 14.3 Å². The molecule has 1 N–H and O–H groups in total. The van der Waals surface area contributed by atoms with Crippen molar-refractivity contribution >= 4 is 11.8 Å². The van der Waals surface area contributed by atoms with E-state index >= 15 is 0 Å². The lowest BCUT2D eigenvalue weighted by molar-refractivity contribution is -0.175. The summed E-state index contributed by atoms with van der Waals surface area (Å²) in [6.07, 6.45) is -3.88. The van der Waals surface area contributed by atoms with Crippen molar-refractivity contribution in [3.63, 3.8) is 0 Å². The maximum absolute atomic E-state index is 12.0. The number of amides is 2. The second-order valence-electron chi connectivity index (χ2n) is 5.18. The van der Waals surface area contributed by atoms with Gasteiger partial charge in [0, 0.05) is 6.54 Å². The maximum Gasteiger partial charge on any atom is 0.411 e. The van der Waals surface area contributed by atoms with Crippen LogP contribution in [0.15, 0.2) is 0 Å².